The van der Waals surface area contributed by atoms with Crippen molar-refractivity contribution in [2.45, 2.75) is 6.55 Å². The summed E-state index contributed by atoms with van der Waals surface area (Å²) in [7, 11) is 0. The summed E-state index contributed by atoms with van der Waals surface area (Å²) in [6.45, 7) is 2.77. The number of aliphatic hydroxyl groups is 1. The topological polar surface area (TPSA) is 29.5 Å². The first-order chi connectivity index (χ1) is 10.2. The van der Waals surface area contributed by atoms with Crippen LogP contribution in [0.4, 0.5) is 0 Å². The predicted molar refractivity (Wildman–Crippen MR) is 86.2 cm³/mol. The molecule has 3 aromatic rings. The molecule has 6 heteroatoms. The smallest absolute Gasteiger partial charge is 0.0809 e. The van der Waals surface area contributed by atoms with Crippen LogP contribution < -0.4 is 24.8 Å². The zero-order chi connectivity index (χ0) is 15.3. The van der Waals surface area contributed by atoms with E-state index in [-0.39, 0.29) is 31.4 Å². The van der Waals surface area contributed by atoms with Crippen molar-refractivity contribution in [1.29, 1.82) is 0 Å². The van der Waals surface area contributed by atoms with Crippen LogP contribution in [-0.2, 0) is 27.8 Å². The Morgan fingerprint density at radius 3 is 2.13 bits per heavy atom. The second kappa shape index (κ2) is 16.6. The van der Waals surface area contributed by atoms with Crippen LogP contribution in [-0.4, -0.2) is 24.0 Å². The third kappa shape index (κ3) is 12.8. The van der Waals surface area contributed by atoms with Gasteiger partial charge < -0.3 is 24.8 Å². The monoisotopic (exact) mass is 444 g/mol. The number of hydrogen-bond donors (Lipinski definition) is 1. The van der Waals surface area contributed by atoms with Crippen LogP contribution in [0.1, 0.15) is 0 Å². The first-order valence-corrected chi connectivity index (χ1v) is 12.4. The third-order valence-corrected chi connectivity index (χ3v) is 4.21. The second-order valence-corrected chi connectivity index (χ2v) is 10.8. The zero-order valence-corrected chi connectivity index (χ0v) is 17.9. The molecule has 0 aliphatic carbocycles. The maximum atomic E-state index is 8.22. The minimum atomic E-state index is -0.467. The molecule has 3 rings (SSSR count). The Kier molecular flexibility index (Phi) is 18.1. The SMILES string of the molecule is C[Si](=[Zr+2])OCCO.[Cl-].[Cl-].c1cc[cH-]c1.c1ccc2[cH-]ccc2c1. The molecule has 0 amide bonds. The van der Waals surface area contributed by atoms with E-state index >= 15 is 0 Å². The van der Waals surface area contributed by atoms with E-state index in [9.17, 15) is 0 Å². The summed E-state index contributed by atoms with van der Waals surface area (Å²) >= 11 is 1.47. The van der Waals surface area contributed by atoms with Gasteiger partial charge in [0.1, 0.15) is 0 Å². The molecule has 0 unspecified atom stereocenters. The van der Waals surface area contributed by atoms with E-state index in [1.165, 1.54) is 34.1 Å². The molecule has 0 atom stereocenters. The predicted octanol–water partition coefficient (Wildman–Crippen LogP) is -2.37. The van der Waals surface area contributed by atoms with Crippen LogP contribution in [0.25, 0.3) is 10.8 Å². The van der Waals surface area contributed by atoms with E-state index in [1.54, 1.807) is 0 Å². The molecule has 0 fully saturated rings. The van der Waals surface area contributed by atoms with Crippen molar-refractivity contribution in [2.24, 2.45) is 0 Å². The van der Waals surface area contributed by atoms with Gasteiger partial charge in [-0.05, 0) is 0 Å². The van der Waals surface area contributed by atoms with Crippen LogP contribution in [0.15, 0.2) is 72.8 Å². The van der Waals surface area contributed by atoms with Crippen molar-refractivity contribution in [3.05, 3.63) is 72.8 Å². The summed E-state index contributed by atoms with van der Waals surface area (Å²) in [6.07, 6.45) is 0. The van der Waals surface area contributed by atoms with Crippen molar-refractivity contribution in [2.75, 3.05) is 13.2 Å². The van der Waals surface area contributed by atoms with E-state index in [0.717, 1.165) is 0 Å². The van der Waals surface area contributed by atoms with E-state index in [4.69, 9.17) is 9.53 Å². The van der Waals surface area contributed by atoms with Gasteiger partial charge in [-0.1, -0.05) is 6.07 Å². The van der Waals surface area contributed by atoms with Gasteiger partial charge in [0.25, 0.3) is 0 Å². The second-order valence-electron chi connectivity index (χ2n) is 4.25. The van der Waals surface area contributed by atoms with Gasteiger partial charge >= 0.3 is 58.3 Å². The standard InChI is InChI=1S/C9H7.C5H5.C3H8O2Si.2ClH.Zr/c1-2-5-9-7-3-6-8(9)4-1;1-2-4-5-3-1;1-6-5-3-2-4;;;/h1-7H;1-5H;4H,2-3H2,1H3;2*1H;/q2*-1;;;;+2/p-2. The molecule has 0 aromatic heterocycles. The number of rotatable bonds is 3. The Morgan fingerprint density at radius 1 is 1.04 bits per heavy atom. The minimum absolute atomic E-state index is 0. The molecule has 23 heavy (non-hydrogen) atoms. The van der Waals surface area contributed by atoms with Crippen molar-refractivity contribution >= 4 is 16.4 Å². The Morgan fingerprint density at radius 2 is 1.70 bits per heavy atom. The number of halogens is 2. The van der Waals surface area contributed by atoms with Gasteiger partial charge in [0.05, 0.1) is 0 Å². The third-order valence-electron chi connectivity index (χ3n) is 2.51. The van der Waals surface area contributed by atoms with Gasteiger partial charge in [0.2, 0.25) is 0 Å². The Labute approximate surface area is 165 Å². The average molecular weight is 447 g/mol. The molecule has 0 spiro atoms. The first-order valence-electron chi connectivity index (χ1n) is 6.80. The normalized spacial score (nSPS) is 8.52. The van der Waals surface area contributed by atoms with Gasteiger partial charge in [-0.3, -0.25) is 0 Å². The van der Waals surface area contributed by atoms with Gasteiger partial charge in [-0.25, -0.2) is 12.1 Å². The minimum Gasteiger partial charge on any atom is -1.00 e. The molecule has 0 saturated carbocycles. The van der Waals surface area contributed by atoms with Gasteiger partial charge in [-0.2, -0.15) is 35.7 Å². The Hall–Kier alpha value is -0.220. The van der Waals surface area contributed by atoms with Crippen molar-refractivity contribution < 1.29 is 57.7 Å². The quantitative estimate of drug-likeness (QED) is 0.360. The number of hydrogen-bond acceptors (Lipinski definition) is 2. The van der Waals surface area contributed by atoms with E-state index in [1.807, 2.05) is 30.3 Å². The van der Waals surface area contributed by atoms with Crippen molar-refractivity contribution in [3.63, 3.8) is 0 Å². The molecule has 124 valence electrons. The first kappa shape index (κ1) is 25.0. The molecule has 0 heterocycles. The van der Waals surface area contributed by atoms with Gasteiger partial charge in [0.15, 0.2) is 0 Å². The Balaban J connectivity index is 0. The Bertz CT molecular complexity index is 564. The van der Waals surface area contributed by atoms with Gasteiger partial charge in [0, 0.05) is 0 Å². The number of aliphatic hydroxyl groups excluding tert-OH is 1. The average Bonchev–Trinajstić information content (AvgIpc) is 3.19. The summed E-state index contributed by atoms with van der Waals surface area (Å²) in [6, 6.07) is 24.7. The molecular formula is C17H20Cl2O2SiZr-2. The van der Waals surface area contributed by atoms with Crippen LogP contribution in [0.5, 0.6) is 0 Å². The fraction of sp³-hybridized carbons (Fsp3) is 0.176. The summed E-state index contributed by atoms with van der Waals surface area (Å²) in [5.41, 5.74) is -0.467. The van der Waals surface area contributed by atoms with Crippen molar-refractivity contribution in [3.8, 4) is 0 Å². The molecule has 3 aromatic carbocycles. The molecule has 1 N–H and O–H groups in total. The maximum absolute atomic E-state index is 8.22. The molecule has 0 radical (unpaired) electrons. The zero-order valence-electron chi connectivity index (χ0n) is 13.0. The van der Waals surface area contributed by atoms with Crippen LogP contribution in [0.2, 0.25) is 6.55 Å². The molecule has 0 saturated heterocycles. The maximum Gasteiger partial charge on any atom is -0.0809 e. The molecule has 0 bridgehead atoms. The summed E-state index contributed by atoms with van der Waals surface area (Å²) in [5.74, 6) is 0. The number of benzene rings is 1. The van der Waals surface area contributed by atoms with E-state index in [2.05, 4.69) is 49.0 Å². The summed E-state index contributed by atoms with van der Waals surface area (Å²) < 4.78 is 5.08. The summed E-state index contributed by atoms with van der Waals surface area (Å²) in [4.78, 5) is 0. The fourth-order valence-electron chi connectivity index (χ4n) is 1.59. The van der Waals surface area contributed by atoms with E-state index < -0.39 is 5.68 Å². The van der Waals surface area contributed by atoms with Crippen LogP contribution in [0, 0.1) is 0 Å². The van der Waals surface area contributed by atoms with E-state index in [0.29, 0.717) is 6.61 Å². The van der Waals surface area contributed by atoms with Crippen LogP contribution in [0.3, 0.4) is 0 Å². The fourth-order valence-corrected chi connectivity index (χ4v) is 2.74. The van der Waals surface area contributed by atoms with Gasteiger partial charge in [-0.15, -0.1) is 29.7 Å². The molecule has 2 nitrogen and oxygen atoms in total. The van der Waals surface area contributed by atoms with Crippen LogP contribution >= 0.6 is 0 Å². The molecule has 0 aliphatic rings. The molecule has 0 aliphatic heterocycles. The molecular weight excluding hydrogens is 426 g/mol. The largest absolute Gasteiger partial charge is 1.00 e. The van der Waals surface area contributed by atoms with Crippen molar-refractivity contribution in [1.82, 2.24) is 0 Å². The summed E-state index contributed by atoms with van der Waals surface area (Å²) in [5, 5.41) is 10.9. The number of fused-ring (bicyclic) bond motifs is 1.